The molecule has 1 amide bonds. The van der Waals surface area contributed by atoms with Crippen LogP contribution in [0.4, 0.5) is 8.78 Å². The Bertz CT molecular complexity index is 1990. The lowest BCUT2D eigenvalue weighted by Gasteiger charge is -2.44. The number of nitrogens with zero attached hydrogens (tertiary/aromatic N) is 3. The minimum atomic E-state index is -2.14. The van der Waals surface area contributed by atoms with Crippen molar-refractivity contribution in [3.63, 3.8) is 0 Å². The fourth-order valence-electron chi connectivity index (χ4n) is 8.83. The Kier molecular flexibility index (Phi) is 11.3. The molecular weight excluding hydrogens is 737 g/mol. The zero-order valence-electron chi connectivity index (χ0n) is 30.6. The number of amides is 1. The number of rotatable bonds is 11. The highest BCUT2D eigenvalue weighted by molar-refractivity contribution is 6.31. The van der Waals surface area contributed by atoms with Gasteiger partial charge in [0.15, 0.2) is 5.79 Å². The van der Waals surface area contributed by atoms with Crippen LogP contribution in [0.25, 0.3) is 0 Å². The number of benzene rings is 3. The molecule has 2 fully saturated rings. The minimum Gasteiger partial charge on any atom is -0.480 e. The normalized spacial score (nSPS) is 26.6. The molecule has 3 aromatic rings. The molecule has 9 nitrogen and oxygen atoms in total. The van der Waals surface area contributed by atoms with Crippen LogP contribution < -0.4 is 5.73 Å². The molecule has 54 heavy (non-hydrogen) atoms. The second kappa shape index (κ2) is 15.3. The van der Waals surface area contributed by atoms with Crippen molar-refractivity contribution in [3.8, 4) is 6.07 Å². The number of hydrogen-bond donors (Lipinski definition) is 2. The number of aliphatic carboxylic acids is 1. The van der Waals surface area contributed by atoms with E-state index < -0.39 is 70.3 Å². The third kappa shape index (κ3) is 7.40. The predicted octanol–water partition coefficient (Wildman–Crippen LogP) is 7.21. The molecule has 0 radical (unpaired) electrons. The van der Waals surface area contributed by atoms with Crippen LogP contribution in [0, 0.1) is 28.4 Å². The van der Waals surface area contributed by atoms with Crippen LogP contribution in [0.1, 0.15) is 63.1 Å². The maximum Gasteiger partial charge on any atom is 0.321 e. The Morgan fingerprint density at radius 2 is 1.83 bits per heavy atom. The number of carbonyl (C=O) groups excluding carboxylic acids is 1. The van der Waals surface area contributed by atoms with E-state index in [-0.39, 0.29) is 34.2 Å². The largest absolute Gasteiger partial charge is 0.480 e. The smallest absolute Gasteiger partial charge is 0.321 e. The first-order valence-corrected chi connectivity index (χ1v) is 18.6. The molecule has 6 atom stereocenters. The number of ether oxygens (including phenoxy) is 2. The van der Waals surface area contributed by atoms with Crippen LogP contribution in [0.15, 0.2) is 78.4 Å². The van der Waals surface area contributed by atoms with Crippen LogP contribution in [0.3, 0.4) is 0 Å². The van der Waals surface area contributed by atoms with E-state index in [1.165, 1.54) is 40.8 Å². The number of hydrogen-bond acceptors (Lipinski definition) is 7. The average Bonchev–Trinajstić information content (AvgIpc) is 3.60. The average molecular weight is 782 g/mol. The highest BCUT2D eigenvalue weighted by Crippen LogP contribution is 2.58. The van der Waals surface area contributed by atoms with E-state index in [1.807, 2.05) is 32.0 Å². The van der Waals surface area contributed by atoms with Crippen molar-refractivity contribution in [1.82, 2.24) is 9.80 Å². The second-order valence-corrected chi connectivity index (χ2v) is 16.3. The van der Waals surface area contributed by atoms with Gasteiger partial charge in [0.2, 0.25) is 5.91 Å². The van der Waals surface area contributed by atoms with E-state index in [1.54, 1.807) is 13.8 Å². The van der Waals surface area contributed by atoms with Gasteiger partial charge in [-0.3, -0.25) is 19.4 Å². The van der Waals surface area contributed by atoms with Gasteiger partial charge in [-0.15, -0.1) is 0 Å². The molecular formula is C41H44Cl2F2N4O5. The third-order valence-electron chi connectivity index (χ3n) is 11.3. The summed E-state index contributed by atoms with van der Waals surface area (Å²) in [5.41, 5.74) is 5.05. The molecule has 3 aliphatic rings. The summed E-state index contributed by atoms with van der Waals surface area (Å²) >= 11 is 12.5. The fraction of sp³-hybridized carbons (Fsp3) is 0.439. The first-order valence-electron chi connectivity index (χ1n) is 17.9. The Labute approximate surface area is 324 Å². The standard InChI is InChI=1S/C41H44Cl2F2N4O5/c1-39(2,25-15-17-48(18-16-25)21-24-9-6-5-7-10-24)20-32-41(23-46,28-14-13-26(42)19-30(28)44)33(27-11-8-12-29(43)34(27)45)36(38(51)52)49(32)35(37(47)50)31-22-53-40(3,4)54-31/h5-15,19,31-33,35-36H,16-18,20-22H2,1-4H3,(H2,47,50)(H,51,52)/t31-,32+,33+,35?,36-,41+/m1/s1. The number of carboxylic acids is 1. The molecule has 0 aromatic heterocycles. The molecule has 0 bridgehead atoms. The fourth-order valence-corrected chi connectivity index (χ4v) is 9.17. The first kappa shape index (κ1) is 39.8. The summed E-state index contributed by atoms with van der Waals surface area (Å²) in [6, 6.07) is 15.7. The van der Waals surface area contributed by atoms with Gasteiger partial charge < -0.3 is 20.3 Å². The molecule has 0 aliphatic carbocycles. The molecule has 6 rings (SSSR count). The maximum atomic E-state index is 16.5. The van der Waals surface area contributed by atoms with Gasteiger partial charge >= 0.3 is 5.97 Å². The first-order chi connectivity index (χ1) is 25.5. The summed E-state index contributed by atoms with van der Waals surface area (Å²) in [7, 11) is 0. The highest BCUT2D eigenvalue weighted by Gasteiger charge is 2.68. The topological polar surface area (TPSA) is 129 Å². The van der Waals surface area contributed by atoms with Crippen LogP contribution in [0.5, 0.6) is 0 Å². The van der Waals surface area contributed by atoms with E-state index >= 15 is 8.78 Å². The van der Waals surface area contributed by atoms with Gasteiger partial charge in [-0.2, -0.15) is 5.26 Å². The quantitative estimate of drug-likeness (QED) is 0.196. The van der Waals surface area contributed by atoms with E-state index in [4.69, 9.17) is 38.4 Å². The summed E-state index contributed by atoms with van der Waals surface area (Å²) in [6.45, 7) is 9.23. The van der Waals surface area contributed by atoms with Crippen molar-refractivity contribution in [2.24, 2.45) is 11.1 Å². The van der Waals surface area contributed by atoms with Crippen molar-refractivity contribution in [2.75, 3.05) is 19.7 Å². The zero-order valence-corrected chi connectivity index (χ0v) is 32.1. The van der Waals surface area contributed by atoms with Gasteiger partial charge in [-0.05, 0) is 61.4 Å². The van der Waals surface area contributed by atoms with Gasteiger partial charge in [-0.1, -0.05) is 97.2 Å². The molecule has 13 heteroatoms. The van der Waals surface area contributed by atoms with E-state index in [0.29, 0.717) is 13.0 Å². The predicted molar refractivity (Wildman–Crippen MR) is 201 cm³/mol. The number of carbonyl (C=O) groups is 2. The Morgan fingerprint density at radius 3 is 2.41 bits per heavy atom. The lowest BCUT2D eigenvalue weighted by Crippen LogP contribution is -2.60. The lowest BCUT2D eigenvalue weighted by atomic mass is 9.61. The summed E-state index contributed by atoms with van der Waals surface area (Å²) < 4.78 is 44.9. The van der Waals surface area contributed by atoms with E-state index in [9.17, 15) is 20.0 Å². The van der Waals surface area contributed by atoms with Crippen molar-refractivity contribution < 1.29 is 33.0 Å². The Balaban J connectivity index is 1.56. The molecule has 0 spiro atoms. The molecule has 286 valence electrons. The van der Waals surface area contributed by atoms with Gasteiger partial charge in [0.05, 0.1) is 17.7 Å². The number of likely N-dealkylation sites (tertiary alicyclic amines) is 1. The molecule has 3 aromatic carbocycles. The number of primary amides is 1. The van der Waals surface area contributed by atoms with E-state index in [2.05, 4.69) is 29.2 Å². The third-order valence-corrected chi connectivity index (χ3v) is 11.8. The summed E-state index contributed by atoms with van der Waals surface area (Å²) in [6.07, 6.45) is 1.74. The highest BCUT2D eigenvalue weighted by atomic mass is 35.5. The molecule has 1 unspecified atom stereocenters. The van der Waals surface area contributed by atoms with Crippen molar-refractivity contribution in [1.29, 1.82) is 5.26 Å². The lowest BCUT2D eigenvalue weighted by molar-refractivity contribution is -0.159. The van der Waals surface area contributed by atoms with Gasteiger partial charge in [0, 0.05) is 42.2 Å². The zero-order chi connectivity index (χ0) is 39.2. The van der Waals surface area contributed by atoms with Crippen molar-refractivity contribution in [2.45, 2.75) is 88.4 Å². The number of halogens is 4. The number of nitriles is 1. The number of nitrogens with two attached hydrogens (primary N) is 1. The Hall–Kier alpha value is -3.89. The molecule has 3 heterocycles. The molecule has 3 N–H and O–H groups in total. The van der Waals surface area contributed by atoms with Crippen molar-refractivity contribution in [3.05, 3.63) is 117 Å². The summed E-state index contributed by atoms with van der Waals surface area (Å²) in [5.74, 6) is -7.04. The van der Waals surface area contributed by atoms with Crippen molar-refractivity contribution >= 4 is 35.1 Å². The summed E-state index contributed by atoms with van der Waals surface area (Å²) in [5, 5.41) is 22.5. The number of carboxylic acid groups (broad SMARTS) is 1. The monoisotopic (exact) mass is 780 g/mol. The van der Waals surface area contributed by atoms with Crippen LogP contribution in [-0.4, -0.2) is 76.5 Å². The van der Waals surface area contributed by atoms with Gasteiger partial charge in [-0.25, -0.2) is 8.78 Å². The van der Waals surface area contributed by atoms with Crippen LogP contribution >= 0.6 is 23.2 Å². The molecule has 0 saturated carbocycles. The van der Waals surface area contributed by atoms with Gasteiger partial charge in [0.25, 0.3) is 0 Å². The van der Waals surface area contributed by atoms with E-state index in [0.717, 1.165) is 24.7 Å². The molecule has 3 aliphatic heterocycles. The molecule has 2 saturated heterocycles. The summed E-state index contributed by atoms with van der Waals surface area (Å²) in [4.78, 5) is 31.2. The Morgan fingerprint density at radius 1 is 1.11 bits per heavy atom. The second-order valence-electron chi connectivity index (χ2n) is 15.5. The SMILES string of the molecule is CC1(C)OC[C@H](C(C(N)=O)N2[C@@H](CC(C)(C)C3=CCN(Cc4ccccc4)CC3)[C@](C#N)(c3ccc(Cl)cc3F)[C@@H](c3cccc(Cl)c3F)[C@@H]2C(=O)O)O1. The van der Waals surface area contributed by atoms with Crippen LogP contribution in [0.2, 0.25) is 10.0 Å². The van der Waals surface area contributed by atoms with Gasteiger partial charge in [0.1, 0.15) is 35.2 Å². The van der Waals surface area contributed by atoms with Crippen LogP contribution in [-0.2, 0) is 31.0 Å². The maximum absolute atomic E-state index is 16.5. The minimum absolute atomic E-state index is 0.0381.